The van der Waals surface area contributed by atoms with Crippen LogP contribution in [0.15, 0.2) is 358 Å². The summed E-state index contributed by atoms with van der Waals surface area (Å²) in [5.74, 6) is 4.66. The Balaban J connectivity index is 0.000000191. The van der Waals surface area contributed by atoms with E-state index in [0.717, 1.165) is 61.6 Å². The molecular weight excluding hydrogens is 2190 g/mol. The zero-order valence-electron chi connectivity index (χ0n) is 63.1. The standard InChI is InChI=1S/C16H13N2.C15H12O2.4C14H9N4.C5H8O2.4Ir/c1-13-6-5-7-14(12-13)16-17-10-11-18(16)15-8-3-2-4-9-15;16-14(12-7-3-1-4-8-12)11-15(17)13-9-5-2-6-10-13;4*1-3-7-11(8-4-1)13-15-17-14(18-16-13)12-9-5-2-6-10-12;1-4(6)3-5(2)7;;;;/h2-6,8-12H,1H3;1-11,16H;4*1-9H;3,6H,1-2H3;;;;/q-1;;4*-1;;;;;. The number of ketones is 2. The number of hydrogen-bond acceptors (Lipinski definition) is 21. The van der Waals surface area contributed by atoms with E-state index in [9.17, 15) is 14.7 Å². The molecule has 26 heteroatoms. The third-order valence-electron chi connectivity index (χ3n) is 15.5. The van der Waals surface area contributed by atoms with Gasteiger partial charge >= 0.3 is 0 Å². The summed E-state index contributed by atoms with van der Waals surface area (Å²) >= 11 is 0. The first-order chi connectivity index (χ1) is 56.0. The molecule has 4 radical (unpaired) electrons. The largest absolute Gasteiger partial charge is 0.512 e. The molecule has 2 N–H and O–H groups in total. The molecule has 0 aliphatic heterocycles. The van der Waals surface area contributed by atoms with Crippen molar-refractivity contribution in [3.63, 3.8) is 0 Å². The molecule has 0 saturated carbocycles. The Morgan fingerprint density at radius 1 is 0.314 bits per heavy atom. The van der Waals surface area contributed by atoms with Gasteiger partial charge in [-0.25, -0.2) is 0 Å². The van der Waals surface area contributed by atoms with Crippen molar-refractivity contribution in [3.8, 4) is 108 Å². The van der Waals surface area contributed by atoms with Crippen LogP contribution in [0.2, 0.25) is 0 Å². The van der Waals surface area contributed by atoms with Crippen LogP contribution in [-0.4, -0.2) is 113 Å². The zero-order valence-corrected chi connectivity index (χ0v) is 72.7. The van der Waals surface area contributed by atoms with Crippen LogP contribution in [0.4, 0.5) is 0 Å². The monoisotopic (exact) mass is 2260 g/mol. The summed E-state index contributed by atoms with van der Waals surface area (Å²) in [6.07, 6.45) is 6.20. The van der Waals surface area contributed by atoms with E-state index in [1.54, 1.807) is 36.4 Å². The number of allylic oxidation sites excluding steroid dienone is 3. The summed E-state index contributed by atoms with van der Waals surface area (Å²) in [6, 6.07) is 118. The number of aryl methyl sites for hydroxylation is 1. The number of carbonyl (C=O) groups excluding carboxylic acids is 2. The molecule has 118 heavy (non-hydrogen) atoms. The molecule has 22 nitrogen and oxygen atoms in total. The molecule has 17 rings (SSSR count). The number of aliphatic hydroxyl groups excluding tert-OH is 2. The van der Waals surface area contributed by atoms with Crippen LogP contribution in [0.25, 0.3) is 114 Å². The van der Waals surface area contributed by atoms with Gasteiger partial charge in [-0.2, -0.15) is 40.8 Å². The van der Waals surface area contributed by atoms with Gasteiger partial charge in [-0.15, -0.1) is 220 Å². The van der Waals surface area contributed by atoms with E-state index in [1.807, 2.05) is 285 Å². The van der Waals surface area contributed by atoms with Crippen LogP contribution in [0.3, 0.4) is 0 Å². The molecule has 592 valence electrons. The van der Waals surface area contributed by atoms with E-state index >= 15 is 0 Å². The third kappa shape index (κ3) is 29.2. The van der Waals surface area contributed by atoms with Crippen molar-refractivity contribution in [2.45, 2.75) is 20.8 Å². The van der Waals surface area contributed by atoms with Gasteiger partial charge in [0.15, 0.2) is 11.6 Å². The number of para-hydroxylation sites is 1. The molecule has 0 amide bonds. The maximum absolute atomic E-state index is 11.8. The third-order valence-corrected chi connectivity index (χ3v) is 15.5. The van der Waals surface area contributed by atoms with Crippen molar-refractivity contribution in [1.29, 1.82) is 0 Å². The SMILES string of the molecule is CC(=O)C=C(C)O.Cc1cc[c-]c(-c2nccn2-c2ccccc2)c1.O=C(C=C(O)c1ccccc1)c1ccccc1.[Ir].[Ir].[Ir].[Ir].[c-]1ccccc1-c1nnc(-c2ccccc2)nn1.[c-]1ccccc1-c1nnc(-c2ccccc2)nn1.[c-]1ccccc1-c1nnc(-c2ccccc2)nn1.[c-]1ccccc1-c1nnc(-c2ccccc2)nn1. The first-order valence-corrected chi connectivity index (χ1v) is 35.4. The number of hydrogen-bond donors (Lipinski definition) is 2. The smallest absolute Gasteiger partial charge is 0.201 e. The van der Waals surface area contributed by atoms with Gasteiger partial charge in [0.1, 0.15) is 29.1 Å². The molecule has 0 bridgehead atoms. The summed E-state index contributed by atoms with van der Waals surface area (Å²) in [5.41, 5.74) is 11.3. The van der Waals surface area contributed by atoms with E-state index in [2.05, 4.69) is 147 Å². The number of carbonyl (C=O) groups is 2. The molecule has 0 spiro atoms. The van der Waals surface area contributed by atoms with Crippen molar-refractivity contribution in [2.24, 2.45) is 0 Å². The maximum atomic E-state index is 11.8. The molecule has 0 aliphatic rings. The number of aliphatic hydroxyl groups is 2. The molecule has 0 fully saturated rings. The molecule has 0 atom stereocenters. The zero-order chi connectivity index (χ0) is 79.2. The Hall–Kier alpha value is -13.4. The molecule has 12 aromatic carbocycles. The number of nitrogens with zero attached hydrogens (tertiary/aromatic N) is 18. The molecule has 0 unspecified atom stereocenters. The van der Waals surface area contributed by atoms with Crippen LogP contribution in [0, 0.1) is 37.3 Å². The van der Waals surface area contributed by atoms with E-state index in [1.165, 1.54) is 31.6 Å². The number of rotatable bonds is 14. The Morgan fingerprint density at radius 3 is 0.873 bits per heavy atom. The summed E-state index contributed by atoms with van der Waals surface area (Å²) in [4.78, 5) is 26.2. The van der Waals surface area contributed by atoms with Crippen LogP contribution in [0.1, 0.15) is 35.3 Å². The van der Waals surface area contributed by atoms with Crippen LogP contribution in [0.5, 0.6) is 0 Å². The van der Waals surface area contributed by atoms with E-state index in [-0.39, 0.29) is 104 Å². The molecule has 0 aliphatic carbocycles. The average molecular weight is 2260 g/mol. The predicted octanol–water partition coefficient (Wildman–Crippen LogP) is 17.7. The van der Waals surface area contributed by atoms with Gasteiger partial charge in [0.2, 0.25) is 23.3 Å². The quantitative estimate of drug-likeness (QED) is 0.0442. The van der Waals surface area contributed by atoms with E-state index < -0.39 is 0 Å². The van der Waals surface area contributed by atoms with Gasteiger partial charge in [0.25, 0.3) is 0 Å². The molecule has 17 aromatic rings. The van der Waals surface area contributed by atoms with Gasteiger partial charge in [-0.05, 0) is 26.0 Å². The van der Waals surface area contributed by atoms with Crippen LogP contribution < -0.4 is 0 Å². The van der Waals surface area contributed by atoms with Crippen molar-refractivity contribution >= 4 is 17.3 Å². The first-order valence-electron chi connectivity index (χ1n) is 35.4. The summed E-state index contributed by atoms with van der Waals surface area (Å²) in [5, 5.41) is 83.4. The minimum Gasteiger partial charge on any atom is -0.512 e. The van der Waals surface area contributed by atoms with Gasteiger partial charge < -0.3 is 14.8 Å². The fourth-order valence-corrected chi connectivity index (χ4v) is 10.1. The Morgan fingerprint density at radius 2 is 0.593 bits per heavy atom. The molecule has 0 saturated heterocycles. The van der Waals surface area contributed by atoms with Gasteiger partial charge in [-0.3, -0.25) is 14.6 Å². The summed E-state index contributed by atoms with van der Waals surface area (Å²) in [6.45, 7) is 4.92. The van der Waals surface area contributed by atoms with Crippen LogP contribution >= 0.6 is 0 Å². The van der Waals surface area contributed by atoms with Gasteiger partial charge in [0, 0.05) is 144 Å². The Bertz CT molecular complexity index is 5070. The van der Waals surface area contributed by atoms with Gasteiger partial charge in [-0.1, -0.05) is 207 Å². The van der Waals surface area contributed by atoms with Crippen molar-refractivity contribution < 1.29 is 100 Å². The normalized spacial score (nSPS) is 10.1. The predicted molar refractivity (Wildman–Crippen MR) is 437 cm³/mol. The number of benzene rings is 12. The maximum Gasteiger partial charge on any atom is 0.201 e. The molecule has 5 heterocycles. The fourth-order valence-electron chi connectivity index (χ4n) is 10.1. The minimum absolute atomic E-state index is 0. The van der Waals surface area contributed by atoms with E-state index in [4.69, 9.17) is 5.11 Å². The topological polar surface area (TPSA) is 299 Å². The molecular formula is C92H69Ir4N18O4-5. The summed E-state index contributed by atoms with van der Waals surface area (Å²) < 4.78 is 2.07. The number of aromatic nitrogens is 18. The first kappa shape index (κ1) is 91.8. The molecule has 5 aromatic heterocycles. The number of imidazole rings is 1. The second-order valence-corrected chi connectivity index (χ2v) is 24.0. The fraction of sp³-hybridized carbons (Fsp3) is 0.0326. The van der Waals surface area contributed by atoms with E-state index in [0.29, 0.717) is 57.7 Å². The second-order valence-electron chi connectivity index (χ2n) is 24.0. The Labute approximate surface area is 736 Å². The van der Waals surface area contributed by atoms with Gasteiger partial charge in [0.05, 0.1) is 11.6 Å². The summed E-state index contributed by atoms with van der Waals surface area (Å²) in [7, 11) is 0. The van der Waals surface area contributed by atoms with Crippen molar-refractivity contribution in [1.82, 2.24) is 91.1 Å². The van der Waals surface area contributed by atoms with Crippen molar-refractivity contribution in [3.05, 3.63) is 405 Å². The van der Waals surface area contributed by atoms with Crippen LogP contribution in [-0.2, 0) is 85.2 Å². The Kier molecular flexibility index (Phi) is 39.0. The average Bonchev–Trinajstić information content (AvgIpc) is 1.62. The second kappa shape index (κ2) is 50.1. The minimum atomic E-state index is -0.202. The van der Waals surface area contributed by atoms with Crippen molar-refractivity contribution in [2.75, 3.05) is 0 Å².